The zero-order chi connectivity index (χ0) is 22.8. The smallest absolute Gasteiger partial charge is 0.343 e. The van der Waals surface area contributed by atoms with Crippen molar-refractivity contribution in [2.24, 2.45) is 0 Å². The van der Waals surface area contributed by atoms with Gasteiger partial charge in [0.25, 0.3) is 5.56 Å². The summed E-state index contributed by atoms with van der Waals surface area (Å²) in [7, 11) is 0. The molecular weight excluding hydrogens is 415 g/mol. The van der Waals surface area contributed by atoms with Gasteiger partial charge in [-0.3, -0.25) is 4.79 Å². The molecule has 2 aliphatic heterocycles. The predicted octanol–water partition coefficient (Wildman–Crippen LogP) is 2.53. The van der Waals surface area contributed by atoms with E-state index in [1.165, 1.54) is 10.6 Å². The number of esters is 1. The molecule has 0 aliphatic carbocycles. The number of aryl methyl sites for hydroxylation is 1. The summed E-state index contributed by atoms with van der Waals surface area (Å²) in [6, 6.07) is 4.67. The first kappa shape index (κ1) is 20.5. The monoisotopic (exact) mass is 436 g/mol. The minimum atomic E-state index is -1.91. The Morgan fingerprint density at radius 3 is 2.78 bits per heavy atom. The van der Waals surface area contributed by atoms with Crippen LogP contribution in [0.3, 0.4) is 0 Å². The molecule has 0 radical (unpaired) electrons. The van der Waals surface area contributed by atoms with E-state index in [4.69, 9.17) is 4.74 Å². The summed E-state index contributed by atoms with van der Waals surface area (Å²) in [5.74, 6) is -1.18. The second kappa shape index (κ2) is 7.08. The van der Waals surface area contributed by atoms with Crippen LogP contribution in [-0.2, 0) is 28.3 Å². The van der Waals surface area contributed by atoms with Crippen LogP contribution < -0.4 is 5.56 Å². The molecule has 32 heavy (non-hydrogen) atoms. The normalized spacial score (nSPS) is 19.2. The molecule has 1 unspecified atom stereocenters. The van der Waals surface area contributed by atoms with Crippen LogP contribution in [0.4, 0.5) is 4.39 Å². The van der Waals surface area contributed by atoms with Crippen molar-refractivity contribution in [2.75, 3.05) is 6.61 Å². The summed E-state index contributed by atoms with van der Waals surface area (Å²) in [5, 5.41) is 21.0. The number of hydrogen-bond donors (Lipinski definition) is 2. The Morgan fingerprint density at radius 1 is 1.28 bits per heavy atom. The molecule has 4 heterocycles. The summed E-state index contributed by atoms with van der Waals surface area (Å²) in [4.78, 5) is 30.3. The van der Waals surface area contributed by atoms with Gasteiger partial charge < -0.3 is 19.5 Å². The third kappa shape index (κ3) is 2.69. The van der Waals surface area contributed by atoms with Gasteiger partial charge in [0.2, 0.25) is 0 Å². The summed E-state index contributed by atoms with van der Waals surface area (Å²) < 4.78 is 21.0. The van der Waals surface area contributed by atoms with Crippen molar-refractivity contribution in [1.82, 2.24) is 9.55 Å². The Hall–Kier alpha value is -3.36. The zero-order valence-electron chi connectivity index (χ0n) is 17.6. The van der Waals surface area contributed by atoms with E-state index in [2.05, 4.69) is 4.98 Å². The molecule has 3 aromatic rings. The number of aromatic nitrogens is 2. The highest BCUT2D eigenvalue weighted by Crippen LogP contribution is 2.40. The molecule has 2 aliphatic rings. The summed E-state index contributed by atoms with van der Waals surface area (Å²) in [6.45, 7) is 3.15. The molecule has 7 nitrogen and oxygen atoms in total. The number of rotatable bonds is 3. The standard InChI is InChI=1S/C24H21FN2O5/c1-3-24(31)17-8-20-21-15(10-27(20)22(29)16(17)11-32-23(24)30)13(5-4-6-28)14-7-12(2)18(25)9-19(14)26-21/h4-5,7-9,28,31H,3,6,10-11H2,1-2H3. The minimum Gasteiger partial charge on any atom is -0.458 e. The van der Waals surface area contributed by atoms with Crippen molar-refractivity contribution in [1.29, 1.82) is 0 Å². The zero-order valence-corrected chi connectivity index (χ0v) is 17.6. The number of carbonyl (C=O) groups excluding carboxylic acids is 1. The van der Waals surface area contributed by atoms with Crippen LogP contribution in [0.2, 0.25) is 0 Å². The molecule has 0 bridgehead atoms. The highest BCUT2D eigenvalue weighted by molar-refractivity contribution is 5.94. The van der Waals surface area contributed by atoms with E-state index >= 15 is 0 Å². The van der Waals surface area contributed by atoms with Gasteiger partial charge in [0.1, 0.15) is 12.4 Å². The van der Waals surface area contributed by atoms with E-state index in [0.29, 0.717) is 27.9 Å². The molecular formula is C24H21FN2O5. The first-order chi connectivity index (χ1) is 15.3. The molecule has 0 amide bonds. The third-order valence-electron chi connectivity index (χ3n) is 6.40. The molecule has 0 saturated heterocycles. The lowest BCUT2D eigenvalue weighted by molar-refractivity contribution is -0.172. The SMILES string of the molecule is CCC1(O)C(=O)OCc2c1cc1n(c2=O)Cc2c-1nc1cc(F)c(C)cc1c2C=CCO. The second-order valence-corrected chi connectivity index (χ2v) is 8.16. The number of benzene rings is 1. The van der Waals surface area contributed by atoms with Crippen LogP contribution in [-0.4, -0.2) is 32.3 Å². The number of aliphatic hydroxyl groups excluding tert-OH is 1. The highest BCUT2D eigenvalue weighted by Gasteiger charge is 2.45. The molecule has 1 atom stereocenters. The Bertz CT molecular complexity index is 1410. The topological polar surface area (TPSA) is 102 Å². The molecule has 8 heteroatoms. The number of aliphatic hydroxyl groups is 2. The van der Waals surface area contributed by atoms with E-state index in [9.17, 15) is 24.2 Å². The number of nitrogens with zero attached hydrogens (tertiary/aromatic N) is 2. The van der Waals surface area contributed by atoms with Crippen molar-refractivity contribution < 1.29 is 24.1 Å². The molecule has 0 saturated carbocycles. The Kier molecular flexibility index (Phi) is 4.54. The average Bonchev–Trinajstić information content (AvgIpc) is 3.14. The molecule has 0 fully saturated rings. The first-order valence-corrected chi connectivity index (χ1v) is 10.4. The van der Waals surface area contributed by atoms with Crippen LogP contribution in [0.5, 0.6) is 0 Å². The maximum Gasteiger partial charge on any atom is 0.343 e. The van der Waals surface area contributed by atoms with Crippen molar-refractivity contribution in [3.05, 3.63) is 68.3 Å². The summed E-state index contributed by atoms with van der Waals surface area (Å²) >= 11 is 0. The van der Waals surface area contributed by atoms with Crippen molar-refractivity contribution >= 4 is 22.9 Å². The number of halogens is 1. The van der Waals surface area contributed by atoms with Crippen LogP contribution in [0.1, 0.15) is 41.2 Å². The van der Waals surface area contributed by atoms with E-state index < -0.39 is 17.4 Å². The lowest BCUT2D eigenvalue weighted by atomic mass is 9.86. The molecule has 2 aromatic heterocycles. The fraction of sp³-hybridized carbons (Fsp3) is 0.292. The number of carbonyl (C=O) groups is 1. The summed E-state index contributed by atoms with van der Waals surface area (Å²) in [6.07, 6.45) is 3.37. The fourth-order valence-electron chi connectivity index (χ4n) is 4.60. The van der Waals surface area contributed by atoms with Gasteiger partial charge in [-0.2, -0.15) is 0 Å². The number of pyridine rings is 2. The minimum absolute atomic E-state index is 0.0503. The molecule has 0 spiro atoms. The van der Waals surface area contributed by atoms with E-state index in [-0.39, 0.29) is 42.9 Å². The Labute approximate surface area is 182 Å². The summed E-state index contributed by atoms with van der Waals surface area (Å²) in [5.41, 5.74) is 1.49. The molecule has 1 aromatic carbocycles. The van der Waals surface area contributed by atoms with Crippen LogP contribution in [0.15, 0.2) is 29.1 Å². The van der Waals surface area contributed by atoms with Gasteiger partial charge in [-0.25, -0.2) is 14.2 Å². The fourth-order valence-corrected chi connectivity index (χ4v) is 4.60. The van der Waals surface area contributed by atoms with Crippen molar-refractivity contribution in [2.45, 2.75) is 39.0 Å². The van der Waals surface area contributed by atoms with Gasteiger partial charge >= 0.3 is 5.97 Å². The van der Waals surface area contributed by atoms with Gasteiger partial charge in [0.15, 0.2) is 5.60 Å². The van der Waals surface area contributed by atoms with Crippen LogP contribution in [0.25, 0.3) is 28.4 Å². The maximum absolute atomic E-state index is 14.3. The molecule has 164 valence electrons. The largest absolute Gasteiger partial charge is 0.458 e. The lowest BCUT2D eigenvalue weighted by Crippen LogP contribution is -2.44. The molecule has 2 N–H and O–H groups in total. The quantitative estimate of drug-likeness (QED) is 0.479. The van der Waals surface area contributed by atoms with Gasteiger partial charge in [0, 0.05) is 22.6 Å². The molecule has 5 rings (SSSR count). The van der Waals surface area contributed by atoms with Crippen LogP contribution >= 0.6 is 0 Å². The van der Waals surface area contributed by atoms with E-state index in [1.807, 2.05) is 0 Å². The van der Waals surface area contributed by atoms with Crippen LogP contribution in [0, 0.1) is 12.7 Å². The van der Waals surface area contributed by atoms with Crippen molar-refractivity contribution in [3.63, 3.8) is 0 Å². The third-order valence-corrected chi connectivity index (χ3v) is 6.40. The maximum atomic E-state index is 14.3. The second-order valence-electron chi connectivity index (χ2n) is 8.16. The predicted molar refractivity (Wildman–Crippen MR) is 115 cm³/mol. The number of fused-ring (bicyclic) bond motifs is 5. The van der Waals surface area contributed by atoms with E-state index in [0.717, 1.165) is 11.1 Å². The lowest BCUT2D eigenvalue weighted by Gasteiger charge is -2.31. The average molecular weight is 436 g/mol. The Balaban J connectivity index is 1.85. The number of ether oxygens (including phenoxy) is 1. The van der Waals surface area contributed by atoms with Gasteiger partial charge in [-0.05, 0) is 36.6 Å². The van der Waals surface area contributed by atoms with Crippen molar-refractivity contribution in [3.8, 4) is 11.4 Å². The van der Waals surface area contributed by atoms with E-state index in [1.54, 1.807) is 38.1 Å². The van der Waals surface area contributed by atoms with Gasteiger partial charge in [-0.15, -0.1) is 0 Å². The number of cyclic esters (lactones) is 1. The highest BCUT2D eigenvalue weighted by atomic mass is 19.1. The number of hydrogen-bond acceptors (Lipinski definition) is 6. The first-order valence-electron chi connectivity index (χ1n) is 10.4. The Morgan fingerprint density at radius 2 is 2.06 bits per heavy atom. The van der Waals surface area contributed by atoms with Gasteiger partial charge in [-0.1, -0.05) is 19.1 Å². The van der Waals surface area contributed by atoms with Gasteiger partial charge in [0.05, 0.1) is 35.6 Å².